The van der Waals surface area contributed by atoms with E-state index in [0.717, 1.165) is 11.1 Å². The molecule has 1 heterocycles. The second kappa shape index (κ2) is 10.5. The molecule has 28 heavy (non-hydrogen) atoms. The zero-order chi connectivity index (χ0) is 18.7. The van der Waals surface area contributed by atoms with Crippen molar-refractivity contribution in [2.24, 2.45) is 5.73 Å². The Hall–Kier alpha value is -1.96. The van der Waals surface area contributed by atoms with Crippen LogP contribution in [0, 0.1) is 0 Å². The highest BCUT2D eigenvalue weighted by Crippen LogP contribution is 2.33. The Bertz CT molecular complexity index is 938. The molecule has 0 bridgehead atoms. The first-order valence-corrected chi connectivity index (χ1v) is 8.52. The topological polar surface area (TPSA) is 113 Å². The van der Waals surface area contributed by atoms with Gasteiger partial charge in [0.2, 0.25) is 5.95 Å². The van der Waals surface area contributed by atoms with Crippen LogP contribution < -0.4 is 21.9 Å². The molecule has 0 spiro atoms. The molecule has 0 aliphatic rings. The first-order valence-electron chi connectivity index (χ1n) is 7.77. The molecule has 0 atom stereocenters. The van der Waals surface area contributed by atoms with Gasteiger partial charge in [-0.2, -0.15) is 4.98 Å². The third-order valence-electron chi connectivity index (χ3n) is 3.77. The lowest BCUT2D eigenvalue weighted by molar-refractivity contribution is 0.302. The van der Waals surface area contributed by atoms with Crippen molar-refractivity contribution in [3.63, 3.8) is 0 Å². The number of nitrogen functional groups attached to an aromatic ring is 2. The normalized spacial score (nSPS) is 9.96. The van der Waals surface area contributed by atoms with Crippen LogP contribution in [0.5, 0.6) is 5.75 Å². The second-order valence-electron chi connectivity index (χ2n) is 5.55. The van der Waals surface area contributed by atoms with E-state index in [9.17, 15) is 0 Å². The van der Waals surface area contributed by atoms with Crippen molar-refractivity contribution in [1.82, 2.24) is 9.97 Å². The van der Waals surface area contributed by atoms with Gasteiger partial charge < -0.3 is 21.9 Å². The molecule has 150 valence electrons. The van der Waals surface area contributed by atoms with Crippen molar-refractivity contribution in [3.8, 4) is 16.9 Å². The van der Waals surface area contributed by atoms with Gasteiger partial charge in [0.15, 0.2) is 0 Å². The van der Waals surface area contributed by atoms with Crippen LogP contribution in [0.25, 0.3) is 11.1 Å². The van der Waals surface area contributed by atoms with Crippen LogP contribution in [-0.2, 0) is 13.2 Å². The van der Waals surface area contributed by atoms with Crippen molar-refractivity contribution < 1.29 is 4.74 Å². The molecular weight excluding hydrogens is 444 g/mol. The minimum Gasteiger partial charge on any atom is -0.487 e. The smallest absolute Gasteiger partial charge is 0.222 e. The zero-order valence-electron chi connectivity index (χ0n) is 14.6. The minimum absolute atomic E-state index is 0. The number of benzene rings is 2. The largest absolute Gasteiger partial charge is 0.487 e. The summed E-state index contributed by atoms with van der Waals surface area (Å²) in [7, 11) is 0. The number of nitrogens with two attached hydrogens (primary N) is 3. The van der Waals surface area contributed by atoms with E-state index in [4.69, 9.17) is 45.1 Å². The summed E-state index contributed by atoms with van der Waals surface area (Å²) < 4.78 is 5.82. The first kappa shape index (κ1) is 24.1. The van der Waals surface area contributed by atoms with E-state index in [-0.39, 0.29) is 43.2 Å². The second-order valence-corrected chi connectivity index (χ2v) is 6.37. The van der Waals surface area contributed by atoms with Crippen molar-refractivity contribution >= 4 is 59.8 Å². The maximum absolute atomic E-state index is 6.12. The van der Waals surface area contributed by atoms with Gasteiger partial charge in [-0.1, -0.05) is 41.4 Å². The van der Waals surface area contributed by atoms with E-state index < -0.39 is 0 Å². The molecule has 0 aliphatic heterocycles. The Morgan fingerprint density at radius 2 is 1.57 bits per heavy atom. The van der Waals surface area contributed by atoms with Crippen LogP contribution in [0.2, 0.25) is 10.0 Å². The molecule has 10 heteroatoms. The lowest BCUT2D eigenvalue weighted by Gasteiger charge is -2.14. The summed E-state index contributed by atoms with van der Waals surface area (Å²) in [5, 5.41) is 0.854. The van der Waals surface area contributed by atoms with Crippen LogP contribution in [0.15, 0.2) is 42.5 Å². The summed E-state index contributed by atoms with van der Waals surface area (Å²) in [6.07, 6.45) is 0. The summed E-state index contributed by atoms with van der Waals surface area (Å²) in [6, 6.07) is 12.7. The van der Waals surface area contributed by atoms with E-state index in [1.807, 2.05) is 24.3 Å². The molecule has 3 aromatic rings. The minimum atomic E-state index is 0. The molecule has 3 rings (SSSR count). The molecular formula is C18H19Cl4N5O. The number of hydrogen-bond acceptors (Lipinski definition) is 6. The number of nitrogens with zero attached hydrogens (tertiary/aromatic N) is 2. The SMILES string of the molecule is Cl.Cl.NCc1ccc(OCc2nc(N)nc(N)c2-c2ccc(Cl)c(Cl)c2)cc1. The zero-order valence-corrected chi connectivity index (χ0v) is 17.7. The van der Waals surface area contributed by atoms with Crippen molar-refractivity contribution in [1.29, 1.82) is 0 Å². The first-order chi connectivity index (χ1) is 12.5. The average Bonchev–Trinajstić information content (AvgIpc) is 2.62. The molecule has 2 aromatic carbocycles. The third kappa shape index (κ3) is 5.53. The highest BCUT2D eigenvalue weighted by Gasteiger charge is 2.15. The standard InChI is InChI=1S/C18H17Cl2N5O.2ClH/c19-13-6-3-11(7-14(13)20)16-15(24-18(23)25-17(16)22)9-26-12-4-1-10(8-21)2-5-12;;/h1-7H,8-9,21H2,(H4,22,23,24,25);2*1H. The molecule has 1 aromatic heterocycles. The average molecular weight is 463 g/mol. The van der Waals surface area contributed by atoms with Gasteiger partial charge in [0, 0.05) is 12.1 Å². The molecule has 0 fully saturated rings. The molecule has 0 aliphatic carbocycles. The summed E-state index contributed by atoms with van der Waals surface area (Å²) in [6.45, 7) is 0.634. The van der Waals surface area contributed by atoms with Crippen molar-refractivity contribution in [2.75, 3.05) is 11.5 Å². The van der Waals surface area contributed by atoms with Crippen LogP contribution in [-0.4, -0.2) is 9.97 Å². The van der Waals surface area contributed by atoms with Crippen LogP contribution in [0.3, 0.4) is 0 Å². The predicted octanol–water partition coefficient (Wildman–Crippen LogP) is 4.50. The molecule has 0 amide bonds. The molecule has 0 saturated heterocycles. The van der Waals surface area contributed by atoms with Gasteiger partial charge in [0.25, 0.3) is 0 Å². The Morgan fingerprint density at radius 3 is 2.18 bits per heavy atom. The van der Waals surface area contributed by atoms with E-state index in [1.54, 1.807) is 18.2 Å². The Labute approximate surface area is 185 Å². The summed E-state index contributed by atoms with van der Waals surface area (Å²) in [4.78, 5) is 8.32. The number of hydrogen-bond donors (Lipinski definition) is 3. The van der Waals surface area contributed by atoms with Gasteiger partial charge >= 0.3 is 0 Å². The van der Waals surface area contributed by atoms with Gasteiger partial charge in [0.05, 0.1) is 15.7 Å². The molecule has 6 N–H and O–H groups in total. The Balaban J connectivity index is 0.00000196. The lowest BCUT2D eigenvalue weighted by Crippen LogP contribution is -2.09. The molecule has 0 unspecified atom stereocenters. The Morgan fingerprint density at radius 1 is 0.893 bits per heavy atom. The van der Waals surface area contributed by atoms with Gasteiger partial charge in [0.1, 0.15) is 18.2 Å². The number of halogens is 4. The summed E-state index contributed by atoms with van der Waals surface area (Å²) in [5.74, 6) is 0.995. The van der Waals surface area contributed by atoms with Gasteiger partial charge in [-0.05, 0) is 35.4 Å². The predicted molar refractivity (Wildman–Crippen MR) is 119 cm³/mol. The Kier molecular flexibility index (Phi) is 9.07. The van der Waals surface area contributed by atoms with Gasteiger partial charge in [-0.3, -0.25) is 0 Å². The van der Waals surface area contributed by atoms with Crippen LogP contribution in [0.1, 0.15) is 11.3 Å². The molecule has 0 saturated carbocycles. The third-order valence-corrected chi connectivity index (χ3v) is 4.51. The van der Waals surface area contributed by atoms with Crippen LogP contribution in [0.4, 0.5) is 11.8 Å². The fourth-order valence-electron chi connectivity index (χ4n) is 2.49. The summed E-state index contributed by atoms with van der Waals surface area (Å²) >= 11 is 12.1. The highest BCUT2D eigenvalue weighted by molar-refractivity contribution is 6.42. The molecule has 0 radical (unpaired) electrons. The number of aromatic nitrogens is 2. The van der Waals surface area contributed by atoms with E-state index in [2.05, 4.69) is 9.97 Å². The fourth-order valence-corrected chi connectivity index (χ4v) is 2.79. The van der Waals surface area contributed by atoms with E-state index >= 15 is 0 Å². The highest BCUT2D eigenvalue weighted by atomic mass is 35.5. The van der Waals surface area contributed by atoms with E-state index in [0.29, 0.717) is 33.6 Å². The monoisotopic (exact) mass is 461 g/mol. The quantitative estimate of drug-likeness (QED) is 0.514. The molecule has 6 nitrogen and oxygen atoms in total. The maximum atomic E-state index is 6.12. The maximum Gasteiger partial charge on any atom is 0.222 e. The fraction of sp³-hybridized carbons (Fsp3) is 0.111. The van der Waals surface area contributed by atoms with Crippen molar-refractivity contribution in [3.05, 3.63) is 63.8 Å². The summed E-state index contributed by atoms with van der Waals surface area (Å²) in [5.41, 5.74) is 20.3. The lowest BCUT2D eigenvalue weighted by atomic mass is 10.0. The van der Waals surface area contributed by atoms with E-state index in [1.165, 1.54) is 0 Å². The van der Waals surface area contributed by atoms with Gasteiger partial charge in [-0.15, -0.1) is 24.8 Å². The van der Waals surface area contributed by atoms with Crippen LogP contribution >= 0.6 is 48.0 Å². The number of anilines is 2. The number of ether oxygens (including phenoxy) is 1. The van der Waals surface area contributed by atoms with Gasteiger partial charge in [-0.25, -0.2) is 4.98 Å². The number of rotatable bonds is 5. The van der Waals surface area contributed by atoms with Crippen molar-refractivity contribution in [2.45, 2.75) is 13.2 Å².